The number of carbonyl (C=O) groups excluding carboxylic acids is 1. The minimum atomic E-state index is -1.16. The van der Waals surface area contributed by atoms with Gasteiger partial charge in [0.25, 0.3) is 0 Å². The fourth-order valence-corrected chi connectivity index (χ4v) is 1.57. The normalized spacial score (nSPS) is 10.7. The molecule has 2 aromatic rings. The predicted molar refractivity (Wildman–Crippen MR) is 72.9 cm³/mol. The number of furan rings is 1. The predicted octanol–water partition coefficient (Wildman–Crippen LogP) is 2.45. The lowest BCUT2D eigenvalue weighted by molar-refractivity contribution is -0.116. The second-order valence-corrected chi connectivity index (χ2v) is 4.17. The van der Waals surface area contributed by atoms with Crippen molar-refractivity contribution in [3.63, 3.8) is 0 Å². The van der Waals surface area contributed by atoms with Crippen LogP contribution in [0.15, 0.2) is 46.9 Å². The molecule has 0 aliphatic carbocycles. The molecule has 0 saturated carbocycles. The minimum absolute atomic E-state index is 0.0832. The van der Waals surface area contributed by atoms with Gasteiger partial charge in [0.2, 0.25) is 11.7 Å². The lowest BCUT2D eigenvalue weighted by Gasteiger charge is -1.99. The summed E-state index contributed by atoms with van der Waals surface area (Å²) in [5.74, 6) is -1.71. The van der Waals surface area contributed by atoms with Crippen LogP contribution in [0.2, 0.25) is 0 Å². The summed E-state index contributed by atoms with van der Waals surface area (Å²) in [6.45, 7) is 0.0832. The Bertz CT molecular complexity index is 673. The number of nitrogens with one attached hydrogen (secondary N) is 1. The molecular weight excluding hydrogens is 277 g/mol. The van der Waals surface area contributed by atoms with Crippen LogP contribution in [0.1, 0.15) is 21.9 Å². The lowest BCUT2D eigenvalue weighted by Crippen LogP contribution is -2.19. The zero-order valence-corrected chi connectivity index (χ0v) is 10.9. The highest BCUT2D eigenvalue weighted by atomic mass is 19.1. The molecule has 2 rings (SSSR count). The summed E-state index contributed by atoms with van der Waals surface area (Å²) in [5.41, 5.74) is 0.692. The van der Waals surface area contributed by atoms with Crippen LogP contribution >= 0.6 is 0 Å². The van der Waals surface area contributed by atoms with Crippen LogP contribution in [0.4, 0.5) is 4.39 Å². The fourth-order valence-electron chi connectivity index (χ4n) is 1.57. The van der Waals surface area contributed by atoms with Crippen LogP contribution in [0.3, 0.4) is 0 Å². The van der Waals surface area contributed by atoms with Gasteiger partial charge < -0.3 is 14.8 Å². The Morgan fingerprint density at radius 2 is 1.90 bits per heavy atom. The summed E-state index contributed by atoms with van der Waals surface area (Å²) in [5, 5.41) is 11.2. The molecule has 1 amide bonds. The number of aromatic carboxylic acids is 1. The van der Waals surface area contributed by atoms with Gasteiger partial charge in [0.1, 0.15) is 11.6 Å². The number of hydrogen-bond acceptors (Lipinski definition) is 3. The molecule has 1 heterocycles. The summed E-state index contributed by atoms with van der Waals surface area (Å²) >= 11 is 0. The van der Waals surface area contributed by atoms with Crippen molar-refractivity contribution in [3.05, 3.63) is 65.4 Å². The lowest BCUT2D eigenvalue weighted by atomic mass is 10.2. The minimum Gasteiger partial charge on any atom is -0.475 e. The quantitative estimate of drug-likeness (QED) is 0.829. The Hall–Kier alpha value is -2.89. The number of carbonyl (C=O) groups is 2. The maximum atomic E-state index is 12.7. The summed E-state index contributed by atoms with van der Waals surface area (Å²) < 4.78 is 17.7. The number of amides is 1. The molecule has 1 aromatic heterocycles. The first kappa shape index (κ1) is 14.5. The van der Waals surface area contributed by atoms with Crippen LogP contribution in [0.25, 0.3) is 6.08 Å². The van der Waals surface area contributed by atoms with Gasteiger partial charge in [0.05, 0.1) is 6.54 Å². The van der Waals surface area contributed by atoms with Crippen molar-refractivity contribution in [1.29, 1.82) is 0 Å². The molecule has 0 unspecified atom stereocenters. The monoisotopic (exact) mass is 289 g/mol. The van der Waals surface area contributed by atoms with Crippen molar-refractivity contribution in [3.8, 4) is 0 Å². The van der Waals surface area contributed by atoms with E-state index < -0.39 is 5.97 Å². The molecule has 0 bridgehead atoms. The molecular formula is C15H12FNO4. The van der Waals surface area contributed by atoms with E-state index in [1.54, 1.807) is 18.2 Å². The molecule has 0 aliphatic rings. The van der Waals surface area contributed by atoms with Gasteiger partial charge in [-0.05, 0) is 35.9 Å². The van der Waals surface area contributed by atoms with Crippen LogP contribution in [0, 0.1) is 5.82 Å². The second kappa shape index (κ2) is 6.51. The first-order valence-electron chi connectivity index (χ1n) is 6.08. The zero-order valence-electron chi connectivity index (χ0n) is 10.9. The molecule has 0 spiro atoms. The highest BCUT2D eigenvalue weighted by molar-refractivity contribution is 5.91. The van der Waals surface area contributed by atoms with E-state index in [1.807, 2.05) is 0 Å². The Morgan fingerprint density at radius 3 is 2.52 bits per heavy atom. The Balaban J connectivity index is 1.86. The SMILES string of the molecule is O=C(/C=C/c1ccc(F)cc1)NCc1ccc(C(=O)O)o1. The standard InChI is InChI=1S/C15H12FNO4/c16-11-4-1-10(2-5-11)3-8-14(18)17-9-12-6-7-13(21-12)15(19)20/h1-8H,9H2,(H,17,18)(H,19,20)/b8-3+. The molecule has 2 N–H and O–H groups in total. The smallest absolute Gasteiger partial charge is 0.371 e. The first-order valence-corrected chi connectivity index (χ1v) is 6.08. The van der Waals surface area contributed by atoms with Crippen LogP contribution in [-0.4, -0.2) is 17.0 Å². The van der Waals surface area contributed by atoms with Crippen molar-refractivity contribution in [2.75, 3.05) is 0 Å². The van der Waals surface area contributed by atoms with E-state index in [4.69, 9.17) is 9.52 Å². The summed E-state index contributed by atoms with van der Waals surface area (Å²) in [6.07, 6.45) is 2.84. The molecule has 0 fully saturated rings. The molecule has 0 saturated heterocycles. The topological polar surface area (TPSA) is 79.5 Å². The average Bonchev–Trinajstić information content (AvgIpc) is 2.93. The summed E-state index contributed by atoms with van der Waals surface area (Å²) in [4.78, 5) is 22.2. The van der Waals surface area contributed by atoms with Gasteiger partial charge in [0.15, 0.2) is 0 Å². The Morgan fingerprint density at radius 1 is 1.19 bits per heavy atom. The maximum Gasteiger partial charge on any atom is 0.371 e. The van der Waals surface area contributed by atoms with Gasteiger partial charge in [-0.25, -0.2) is 9.18 Å². The zero-order chi connectivity index (χ0) is 15.2. The third kappa shape index (κ3) is 4.31. The highest BCUT2D eigenvalue weighted by Gasteiger charge is 2.08. The van der Waals surface area contributed by atoms with Crippen molar-refractivity contribution < 1.29 is 23.5 Å². The van der Waals surface area contributed by atoms with E-state index in [1.165, 1.54) is 30.3 Å². The Kier molecular flexibility index (Phi) is 4.50. The van der Waals surface area contributed by atoms with E-state index >= 15 is 0 Å². The molecule has 6 heteroatoms. The highest BCUT2D eigenvalue weighted by Crippen LogP contribution is 2.07. The average molecular weight is 289 g/mol. The maximum absolute atomic E-state index is 12.7. The van der Waals surface area contributed by atoms with Gasteiger partial charge >= 0.3 is 5.97 Å². The number of hydrogen-bond donors (Lipinski definition) is 2. The number of halogens is 1. The third-order valence-electron chi connectivity index (χ3n) is 2.61. The van der Waals surface area contributed by atoms with Gasteiger partial charge in [-0.15, -0.1) is 0 Å². The van der Waals surface area contributed by atoms with Crippen molar-refractivity contribution in [1.82, 2.24) is 5.32 Å². The number of rotatable bonds is 5. The van der Waals surface area contributed by atoms with Crippen molar-refractivity contribution >= 4 is 18.0 Å². The van der Waals surface area contributed by atoms with Crippen LogP contribution in [0.5, 0.6) is 0 Å². The molecule has 0 aliphatic heterocycles. The van der Waals surface area contributed by atoms with Crippen molar-refractivity contribution in [2.45, 2.75) is 6.54 Å². The van der Waals surface area contributed by atoms with E-state index in [2.05, 4.69) is 5.32 Å². The summed E-state index contributed by atoms with van der Waals surface area (Å²) in [7, 11) is 0. The van der Waals surface area contributed by atoms with Gasteiger partial charge in [-0.1, -0.05) is 12.1 Å². The molecule has 5 nitrogen and oxygen atoms in total. The van der Waals surface area contributed by atoms with Gasteiger partial charge in [-0.3, -0.25) is 4.79 Å². The van der Waals surface area contributed by atoms with Gasteiger partial charge in [0, 0.05) is 6.08 Å². The molecule has 0 atom stereocenters. The van der Waals surface area contributed by atoms with Gasteiger partial charge in [-0.2, -0.15) is 0 Å². The molecule has 21 heavy (non-hydrogen) atoms. The number of carboxylic acid groups (broad SMARTS) is 1. The van der Waals surface area contributed by atoms with Crippen molar-refractivity contribution in [2.24, 2.45) is 0 Å². The molecule has 0 radical (unpaired) electrons. The molecule has 108 valence electrons. The third-order valence-corrected chi connectivity index (χ3v) is 2.61. The van der Waals surface area contributed by atoms with E-state index in [0.717, 1.165) is 0 Å². The number of carboxylic acids is 1. The largest absolute Gasteiger partial charge is 0.475 e. The van der Waals surface area contributed by atoms with E-state index in [9.17, 15) is 14.0 Å². The first-order chi connectivity index (χ1) is 10.0. The van der Waals surface area contributed by atoms with E-state index in [0.29, 0.717) is 11.3 Å². The van der Waals surface area contributed by atoms with E-state index in [-0.39, 0.29) is 24.0 Å². The summed E-state index contributed by atoms with van der Waals surface area (Å²) in [6, 6.07) is 8.49. The molecule has 1 aromatic carbocycles. The van der Waals surface area contributed by atoms with Crippen LogP contribution in [-0.2, 0) is 11.3 Å². The van der Waals surface area contributed by atoms with Crippen LogP contribution < -0.4 is 5.32 Å². The number of benzene rings is 1. The fraction of sp³-hybridized carbons (Fsp3) is 0.0667. The second-order valence-electron chi connectivity index (χ2n) is 4.17. The Labute approximate surface area is 119 Å².